The van der Waals surface area contributed by atoms with Gasteiger partial charge in [-0.25, -0.2) is 18.4 Å². The molecule has 1 aromatic carbocycles. The number of β-amino-alcohol motifs (C(OH)–C–C–N with tert-alkyl or cyclic N) is 1. The summed E-state index contributed by atoms with van der Waals surface area (Å²) in [6.07, 6.45) is 3.25. The number of likely N-dealkylation sites (N-methyl/N-ethyl adjacent to an activating group) is 1. The fourth-order valence-corrected chi connectivity index (χ4v) is 6.25. The number of rotatable bonds is 6. The fraction of sp³-hybridized carbons (Fsp3) is 0.407. The van der Waals surface area contributed by atoms with Crippen LogP contribution < -0.4 is 10.2 Å². The zero-order valence-electron chi connectivity index (χ0n) is 21.3. The molecule has 0 unspecified atom stereocenters. The number of hydrogen-bond acceptors (Lipinski definition) is 8. The lowest BCUT2D eigenvalue weighted by atomic mass is 10.0. The molecule has 2 aromatic heterocycles. The second kappa shape index (κ2) is 10.7. The molecule has 0 radical (unpaired) electrons. The third-order valence-corrected chi connectivity index (χ3v) is 9.07. The predicted octanol–water partition coefficient (Wildman–Crippen LogP) is 2.44. The Labute approximate surface area is 218 Å². The van der Waals surface area contributed by atoms with Gasteiger partial charge in [-0.05, 0) is 61.9 Å². The van der Waals surface area contributed by atoms with Crippen molar-refractivity contribution in [3.05, 3.63) is 66.5 Å². The number of nitrogens with one attached hydrogen (secondary N) is 1. The summed E-state index contributed by atoms with van der Waals surface area (Å²) in [5, 5.41) is 13.9. The summed E-state index contributed by atoms with van der Waals surface area (Å²) in [6, 6.07) is 14.5. The number of aryl methyl sites for hydroxylation is 1. The van der Waals surface area contributed by atoms with Crippen molar-refractivity contribution < 1.29 is 13.5 Å². The van der Waals surface area contributed by atoms with Gasteiger partial charge in [-0.2, -0.15) is 4.31 Å². The number of sulfonamides is 1. The highest BCUT2D eigenvalue weighted by Crippen LogP contribution is 2.26. The van der Waals surface area contributed by atoms with E-state index < -0.39 is 16.1 Å². The lowest BCUT2D eigenvalue weighted by Crippen LogP contribution is -2.51. The molecule has 0 spiro atoms. The summed E-state index contributed by atoms with van der Waals surface area (Å²) in [6.45, 7) is 6.28. The summed E-state index contributed by atoms with van der Waals surface area (Å²) >= 11 is 0. The first-order valence-corrected chi connectivity index (χ1v) is 14.1. The Morgan fingerprint density at radius 2 is 1.62 bits per heavy atom. The predicted molar refractivity (Wildman–Crippen MR) is 145 cm³/mol. The van der Waals surface area contributed by atoms with Crippen molar-refractivity contribution in [2.24, 2.45) is 0 Å². The second-order valence-electron chi connectivity index (χ2n) is 9.91. The van der Waals surface area contributed by atoms with E-state index in [-0.39, 0.29) is 17.5 Å². The van der Waals surface area contributed by atoms with Gasteiger partial charge in [0.25, 0.3) is 0 Å². The van der Waals surface area contributed by atoms with E-state index in [4.69, 9.17) is 0 Å². The number of piperazine rings is 1. The van der Waals surface area contributed by atoms with Crippen molar-refractivity contribution in [3.63, 3.8) is 0 Å². The number of aromatic nitrogens is 2. The van der Waals surface area contributed by atoms with Crippen LogP contribution in [0, 0.1) is 6.92 Å². The van der Waals surface area contributed by atoms with Crippen molar-refractivity contribution in [2.75, 3.05) is 56.5 Å². The van der Waals surface area contributed by atoms with Gasteiger partial charge in [0.05, 0.1) is 17.0 Å². The highest BCUT2D eigenvalue weighted by Gasteiger charge is 2.35. The van der Waals surface area contributed by atoms with Crippen LogP contribution in [0.2, 0.25) is 0 Å². The lowest BCUT2D eigenvalue weighted by molar-refractivity contribution is 0.0949. The van der Waals surface area contributed by atoms with Gasteiger partial charge in [0, 0.05) is 57.2 Å². The molecule has 0 bridgehead atoms. The molecule has 37 heavy (non-hydrogen) atoms. The number of benzene rings is 1. The molecular formula is C27H34N6O3S. The topological polar surface area (TPSA) is 102 Å². The molecule has 2 aliphatic rings. The van der Waals surface area contributed by atoms with E-state index in [0.717, 1.165) is 48.7 Å². The molecule has 0 amide bonds. The number of pyridine rings is 2. The summed E-state index contributed by atoms with van der Waals surface area (Å²) in [5.74, 6) is 1.64. The monoisotopic (exact) mass is 522 g/mol. The van der Waals surface area contributed by atoms with Crippen molar-refractivity contribution in [2.45, 2.75) is 30.4 Å². The maximum Gasteiger partial charge on any atom is 0.243 e. The maximum absolute atomic E-state index is 13.3. The van der Waals surface area contributed by atoms with Gasteiger partial charge >= 0.3 is 0 Å². The number of aliphatic hydroxyl groups is 1. The van der Waals surface area contributed by atoms with E-state index in [0.29, 0.717) is 18.8 Å². The Morgan fingerprint density at radius 3 is 2.24 bits per heavy atom. The lowest BCUT2D eigenvalue weighted by Gasteiger charge is -2.35. The quantitative estimate of drug-likeness (QED) is 0.509. The van der Waals surface area contributed by atoms with E-state index >= 15 is 0 Å². The van der Waals surface area contributed by atoms with E-state index in [1.165, 1.54) is 4.31 Å². The minimum Gasteiger partial charge on any atom is -0.390 e. The molecule has 9 nitrogen and oxygen atoms in total. The molecule has 4 heterocycles. The van der Waals surface area contributed by atoms with Crippen LogP contribution in [0.3, 0.4) is 0 Å². The van der Waals surface area contributed by atoms with Crippen molar-refractivity contribution >= 4 is 21.7 Å². The van der Waals surface area contributed by atoms with Crippen LogP contribution in [-0.4, -0.2) is 91.2 Å². The first kappa shape index (κ1) is 25.6. The number of hydrogen-bond donors (Lipinski definition) is 2. The molecule has 0 aliphatic carbocycles. The highest BCUT2D eigenvalue weighted by atomic mass is 32.2. The zero-order valence-corrected chi connectivity index (χ0v) is 22.1. The molecule has 5 rings (SSSR count). The number of piperidine rings is 1. The molecule has 2 aliphatic heterocycles. The molecule has 3 aromatic rings. The van der Waals surface area contributed by atoms with E-state index in [1.54, 1.807) is 18.3 Å². The van der Waals surface area contributed by atoms with Crippen LogP contribution in [0.15, 0.2) is 65.8 Å². The van der Waals surface area contributed by atoms with Gasteiger partial charge in [0.1, 0.15) is 11.6 Å². The molecule has 2 fully saturated rings. The number of nitrogens with zero attached hydrogens (tertiary/aromatic N) is 5. The van der Waals surface area contributed by atoms with Gasteiger partial charge in [-0.1, -0.05) is 18.2 Å². The number of anilines is 2. The van der Waals surface area contributed by atoms with Crippen molar-refractivity contribution in [1.82, 2.24) is 19.2 Å². The summed E-state index contributed by atoms with van der Waals surface area (Å²) < 4.78 is 27.9. The standard InChI is InChI=1S/C27H34N6O3S/c1-20-3-9-26(28-17-20)30-24-11-12-33(19-25(24)34)37(35,36)23-7-4-21(5-8-23)22-6-10-27(29-18-22)32-15-13-31(2)14-16-32/h3-10,17-18,24-25,34H,11-16,19H2,1-2H3,(H,28,30)/t24-,25+/m1/s1. The maximum atomic E-state index is 13.3. The van der Waals surface area contributed by atoms with Crippen LogP contribution in [0.5, 0.6) is 0 Å². The third-order valence-electron chi connectivity index (χ3n) is 7.19. The minimum absolute atomic E-state index is 0.0330. The average Bonchev–Trinajstić information content (AvgIpc) is 2.91. The van der Waals surface area contributed by atoms with Gasteiger partial charge in [0.15, 0.2) is 0 Å². The Bertz CT molecular complexity index is 1290. The second-order valence-corrected chi connectivity index (χ2v) is 11.8. The zero-order chi connectivity index (χ0) is 26.0. The molecule has 10 heteroatoms. The Kier molecular flexibility index (Phi) is 7.43. The molecule has 196 valence electrons. The molecule has 0 saturated carbocycles. The van der Waals surface area contributed by atoms with Crippen molar-refractivity contribution in [3.8, 4) is 11.1 Å². The van der Waals surface area contributed by atoms with Crippen molar-refractivity contribution in [1.29, 1.82) is 0 Å². The van der Waals surface area contributed by atoms with Crippen LogP contribution in [0.25, 0.3) is 11.1 Å². The first-order chi connectivity index (χ1) is 17.8. The largest absolute Gasteiger partial charge is 0.390 e. The average molecular weight is 523 g/mol. The van der Waals surface area contributed by atoms with Crippen LogP contribution in [0.1, 0.15) is 12.0 Å². The van der Waals surface area contributed by atoms with Gasteiger partial charge in [-0.3, -0.25) is 0 Å². The van der Waals surface area contributed by atoms with Crippen LogP contribution in [0.4, 0.5) is 11.6 Å². The fourth-order valence-electron chi connectivity index (χ4n) is 4.78. The third kappa shape index (κ3) is 5.77. The molecular weight excluding hydrogens is 488 g/mol. The number of aliphatic hydroxyl groups excluding tert-OH is 1. The first-order valence-electron chi connectivity index (χ1n) is 12.7. The smallest absolute Gasteiger partial charge is 0.243 e. The normalized spacial score (nSPS) is 21.6. The van der Waals surface area contributed by atoms with Crippen LogP contribution >= 0.6 is 0 Å². The van der Waals surface area contributed by atoms with E-state index in [2.05, 4.69) is 32.1 Å². The Hall–Kier alpha value is -3.05. The van der Waals surface area contributed by atoms with E-state index in [1.807, 2.05) is 49.5 Å². The van der Waals surface area contributed by atoms with Gasteiger partial charge in [-0.15, -0.1) is 0 Å². The van der Waals surface area contributed by atoms with Gasteiger partial charge in [0.2, 0.25) is 10.0 Å². The molecule has 2 saturated heterocycles. The molecule has 2 N–H and O–H groups in total. The van der Waals surface area contributed by atoms with E-state index in [9.17, 15) is 13.5 Å². The molecule has 2 atom stereocenters. The summed E-state index contributed by atoms with van der Waals surface area (Å²) in [4.78, 5) is 13.8. The van der Waals surface area contributed by atoms with Crippen LogP contribution in [-0.2, 0) is 10.0 Å². The highest BCUT2D eigenvalue weighted by molar-refractivity contribution is 7.89. The minimum atomic E-state index is -3.72. The van der Waals surface area contributed by atoms with Gasteiger partial charge < -0.3 is 20.2 Å². The SMILES string of the molecule is Cc1ccc(N[C@@H]2CCN(S(=O)(=O)c3ccc(-c4ccc(N5CCN(C)CC5)nc4)cc3)C[C@@H]2O)nc1. The summed E-state index contributed by atoms with van der Waals surface area (Å²) in [7, 11) is -1.59. The Morgan fingerprint density at radius 1 is 0.892 bits per heavy atom. The Balaban J connectivity index is 1.22. The summed E-state index contributed by atoms with van der Waals surface area (Å²) in [5.41, 5.74) is 2.90.